The highest BCUT2D eigenvalue weighted by atomic mass is 16.4. The lowest BCUT2D eigenvalue weighted by atomic mass is 9.46. The van der Waals surface area contributed by atoms with E-state index in [9.17, 15) is 19.8 Å². The largest absolute Gasteiger partial charge is 0.465 e. The number of imidazole rings is 1. The molecule has 9 atom stereocenters. The van der Waals surface area contributed by atoms with E-state index in [1.807, 2.05) is 0 Å². The quantitative estimate of drug-likeness (QED) is 0.194. The lowest BCUT2D eigenvalue weighted by Gasteiger charge is -2.59. The van der Waals surface area contributed by atoms with E-state index in [2.05, 4.69) is 50.7 Å². The van der Waals surface area contributed by atoms with E-state index < -0.39 is 23.8 Å². The van der Waals surface area contributed by atoms with Crippen molar-refractivity contribution < 1.29 is 19.8 Å². The molecule has 3 fully saturated rings. The van der Waals surface area contributed by atoms with Crippen LogP contribution in [0, 0.1) is 46.3 Å². The molecule has 0 saturated heterocycles. The zero-order valence-corrected chi connectivity index (χ0v) is 26.4. The first-order valence-corrected chi connectivity index (χ1v) is 16.5. The molecule has 8 heteroatoms. The molecule has 8 nitrogen and oxygen atoms in total. The predicted molar refractivity (Wildman–Crippen MR) is 163 cm³/mol. The number of carbonyl (C=O) groups is 2. The van der Waals surface area contributed by atoms with Crippen LogP contribution in [0.2, 0.25) is 0 Å². The summed E-state index contributed by atoms with van der Waals surface area (Å²) in [6, 6.07) is -1.09. The zero-order valence-electron chi connectivity index (χ0n) is 26.4. The normalized spacial score (nSPS) is 37.3. The lowest BCUT2D eigenvalue weighted by molar-refractivity contribution is -0.164. The van der Waals surface area contributed by atoms with Gasteiger partial charge in [-0.15, -0.1) is 0 Å². The molecule has 4 aliphatic carbocycles. The van der Waals surface area contributed by atoms with Crippen LogP contribution in [0.5, 0.6) is 0 Å². The summed E-state index contributed by atoms with van der Waals surface area (Å²) in [7, 11) is 0. The van der Waals surface area contributed by atoms with Crippen molar-refractivity contribution in [1.29, 1.82) is 0 Å². The van der Waals surface area contributed by atoms with Gasteiger partial charge in [-0.2, -0.15) is 0 Å². The van der Waals surface area contributed by atoms with E-state index in [4.69, 9.17) is 5.73 Å². The second-order valence-corrected chi connectivity index (χ2v) is 15.3. The van der Waals surface area contributed by atoms with Crippen LogP contribution < -0.4 is 5.73 Å². The molecule has 234 valence electrons. The molecule has 1 heterocycles. The number of carboxylic acid groups (broad SMARTS) is 1. The van der Waals surface area contributed by atoms with Gasteiger partial charge in [-0.25, -0.2) is 14.7 Å². The number of fused-ring (bicyclic) bond motifs is 5. The van der Waals surface area contributed by atoms with E-state index in [1.54, 1.807) is 6.20 Å². The molecule has 0 spiro atoms. The molecule has 0 aliphatic heterocycles. The molecule has 2 amide bonds. The monoisotopic (exact) mass is 582 g/mol. The first-order valence-electron chi connectivity index (χ1n) is 16.5. The van der Waals surface area contributed by atoms with Gasteiger partial charge in [-0.1, -0.05) is 65.5 Å². The summed E-state index contributed by atoms with van der Waals surface area (Å²) in [5.74, 6) is 3.46. The fourth-order valence-corrected chi connectivity index (χ4v) is 10.2. The number of hydrogen-bond acceptors (Lipinski definition) is 5. The van der Waals surface area contributed by atoms with Crippen molar-refractivity contribution >= 4 is 12.0 Å². The van der Waals surface area contributed by atoms with Crippen LogP contribution in [0.25, 0.3) is 0 Å². The second kappa shape index (κ2) is 11.7. The van der Waals surface area contributed by atoms with E-state index in [0.29, 0.717) is 34.3 Å². The minimum absolute atomic E-state index is 0.0807. The fraction of sp³-hybridized carbons (Fsp3) is 0.794. The van der Waals surface area contributed by atoms with Crippen LogP contribution in [-0.4, -0.2) is 48.8 Å². The van der Waals surface area contributed by atoms with Crippen LogP contribution in [-0.2, 0) is 11.2 Å². The van der Waals surface area contributed by atoms with Gasteiger partial charge in [0.15, 0.2) is 5.72 Å². The molecule has 0 bridgehead atoms. The van der Waals surface area contributed by atoms with Gasteiger partial charge in [0.05, 0.1) is 12.4 Å². The number of hydrogen-bond donors (Lipinski definition) is 4. The third kappa shape index (κ3) is 5.47. The minimum atomic E-state index is -1.79. The average Bonchev–Trinajstić information content (AvgIpc) is 3.55. The molecule has 4 unspecified atom stereocenters. The van der Waals surface area contributed by atoms with Crippen molar-refractivity contribution in [3.05, 3.63) is 29.9 Å². The number of nitrogens with zero attached hydrogens (tertiary/aromatic N) is 2. The smallest absolute Gasteiger partial charge is 0.416 e. The number of rotatable bonds is 9. The van der Waals surface area contributed by atoms with Crippen LogP contribution in [0.3, 0.4) is 0 Å². The van der Waals surface area contributed by atoms with E-state index >= 15 is 0 Å². The predicted octanol–water partition coefficient (Wildman–Crippen LogP) is 6.52. The van der Waals surface area contributed by atoms with E-state index in [-0.39, 0.29) is 24.7 Å². The Morgan fingerprint density at radius 1 is 1.12 bits per heavy atom. The third-order valence-corrected chi connectivity index (χ3v) is 12.5. The number of amides is 2. The number of H-pyrrole nitrogens is 1. The van der Waals surface area contributed by atoms with E-state index in [0.717, 1.165) is 35.7 Å². The Morgan fingerprint density at radius 3 is 2.55 bits per heavy atom. The van der Waals surface area contributed by atoms with Gasteiger partial charge in [-0.05, 0) is 91.3 Å². The molecular formula is C34H54N4O4. The number of nitrogens with one attached hydrogen (secondary N) is 1. The third-order valence-electron chi connectivity index (χ3n) is 12.5. The van der Waals surface area contributed by atoms with Crippen molar-refractivity contribution in [1.82, 2.24) is 14.9 Å². The van der Waals surface area contributed by atoms with Crippen molar-refractivity contribution in [2.24, 2.45) is 52.1 Å². The van der Waals surface area contributed by atoms with Gasteiger partial charge in [0.1, 0.15) is 0 Å². The summed E-state index contributed by atoms with van der Waals surface area (Å²) < 4.78 is 0. The van der Waals surface area contributed by atoms with Crippen molar-refractivity contribution in [3.8, 4) is 0 Å². The fourth-order valence-electron chi connectivity index (χ4n) is 10.2. The summed E-state index contributed by atoms with van der Waals surface area (Å²) >= 11 is 0. The molecule has 1 aromatic rings. The maximum atomic E-state index is 13.3. The number of nitrogens with two attached hydrogens (primary N) is 1. The number of aliphatic hydroxyl groups is 1. The Balaban J connectivity index is 1.31. The Hall–Kier alpha value is -2.19. The first-order chi connectivity index (χ1) is 19.8. The number of carbonyl (C=O) groups excluding carboxylic acids is 1. The summed E-state index contributed by atoms with van der Waals surface area (Å²) in [6.45, 7) is 12.1. The average molecular weight is 583 g/mol. The summed E-state index contributed by atoms with van der Waals surface area (Å²) in [5, 5.41) is 21.9. The maximum absolute atomic E-state index is 13.3. The topological polar surface area (TPSA) is 133 Å². The van der Waals surface area contributed by atoms with Crippen LogP contribution in [0.15, 0.2) is 24.2 Å². The van der Waals surface area contributed by atoms with Gasteiger partial charge >= 0.3 is 6.09 Å². The second-order valence-electron chi connectivity index (χ2n) is 15.3. The molecular weight excluding hydrogens is 528 g/mol. The summed E-state index contributed by atoms with van der Waals surface area (Å²) in [4.78, 5) is 33.2. The molecule has 4 aliphatic rings. The molecule has 5 rings (SSSR count). The molecule has 3 saturated carbocycles. The summed E-state index contributed by atoms with van der Waals surface area (Å²) in [5.41, 5.74) is 6.46. The first kappa shape index (κ1) is 31.2. The molecule has 0 aromatic carbocycles. The van der Waals surface area contributed by atoms with E-state index in [1.165, 1.54) is 51.3 Å². The van der Waals surface area contributed by atoms with Gasteiger partial charge in [0.25, 0.3) is 5.91 Å². The highest BCUT2D eigenvalue weighted by Crippen LogP contribution is 2.68. The number of aromatic amines is 1. The zero-order chi connectivity index (χ0) is 30.4. The molecule has 42 heavy (non-hydrogen) atoms. The van der Waals surface area contributed by atoms with Crippen LogP contribution >= 0.6 is 0 Å². The maximum Gasteiger partial charge on any atom is 0.416 e. The van der Waals surface area contributed by atoms with Crippen LogP contribution in [0.1, 0.15) is 111 Å². The highest BCUT2D eigenvalue weighted by molar-refractivity contribution is 5.95. The Kier molecular flexibility index (Phi) is 8.72. The Bertz CT molecular complexity index is 1170. The summed E-state index contributed by atoms with van der Waals surface area (Å²) in [6.07, 6.45) is 15.2. The van der Waals surface area contributed by atoms with Crippen molar-refractivity contribution in [3.63, 3.8) is 0 Å². The van der Waals surface area contributed by atoms with Gasteiger partial charge in [0, 0.05) is 24.7 Å². The highest BCUT2D eigenvalue weighted by Gasteiger charge is 2.61. The standard InChI is InChI=1S/C34H54N4O4/c1-21(2)7-6-8-22(3)26-11-12-27-25-10-9-23-18-34(42,16-15-32(23,4)28(25)13-14-33(26,27)5)38(31(40)41)30(39)29(35)17-24-19-36-20-37-24/h9,19-22,25-29,42H,6-8,10-18,35H2,1-5H3,(H,36,37)(H,40,41)/t22-,25?,26-,27?,28?,29+,32+,33-,34?/m1/s1. The number of allylic oxidation sites excluding steroid dienone is 1. The lowest BCUT2D eigenvalue weighted by Crippen LogP contribution is -2.62. The van der Waals surface area contributed by atoms with Gasteiger partial charge in [-0.3, -0.25) is 4.79 Å². The Morgan fingerprint density at radius 2 is 1.88 bits per heavy atom. The van der Waals surface area contributed by atoms with Crippen LogP contribution in [0.4, 0.5) is 4.79 Å². The Labute approximate surface area is 251 Å². The number of aromatic nitrogens is 2. The van der Waals surface area contributed by atoms with Crippen molar-refractivity contribution in [2.75, 3.05) is 0 Å². The molecule has 0 radical (unpaired) electrons. The van der Waals surface area contributed by atoms with Gasteiger partial charge < -0.3 is 20.9 Å². The number of imide groups is 1. The molecule has 1 aromatic heterocycles. The SMILES string of the molecule is CC(C)CCC[C@@H](C)[C@H]1CCC2C3CC=C4CC(O)(N(C(=O)O)C(=O)[C@@H](N)Cc5cnc[nH]5)CC[C@]4(C)C3CC[C@@]21C. The minimum Gasteiger partial charge on any atom is -0.465 e. The molecule has 5 N–H and O–H groups in total. The van der Waals surface area contributed by atoms with Crippen molar-refractivity contribution in [2.45, 2.75) is 123 Å². The van der Waals surface area contributed by atoms with Gasteiger partial charge in [0.2, 0.25) is 0 Å².